The Labute approximate surface area is 299 Å². The van der Waals surface area contributed by atoms with Crippen LogP contribution in [0.25, 0.3) is 0 Å². The van der Waals surface area contributed by atoms with Gasteiger partial charge in [0.25, 0.3) is 0 Å². The number of carbonyl (C=O) groups excluding carboxylic acids is 1. The van der Waals surface area contributed by atoms with Gasteiger partial charge in [0.15, 0.2) is 0 Å². The van der Waals surface area contributed by atoms with Gasteiger partial charge in [-0.3, -0.25) is 0 Å². The molecule has 1 aromatic carbocycles. The molecular formula is C41H74O8. The zero-order valence-corrected chi connectivity index (χ0v) is 31.1. The van der Waals surface area contributed by atoms with Gasteiger partial charge in [-0.05, 0) is 30.7 Å². The van der Waals surface area contributed by atoms with Crippen LogP contribution in [0.5, 0.6) is 5.75 Å². The third-order valence-electron chi connectivity index (χ3n) is 9.57. The Kier molecular flexibility index (Phi) is 29.8. The molecule has 5 N–H and O–H groups in total. The summed E-state index contributed by atoms with van der Waals surface area (Å²) >= 11 is 0. The predicted octanol–water partition coefficient (Wildman–Crippen LogP) is 8.82. The van der Waals surface area contributed by atoms with E-state index in [0.717, 1.165) is 12.8 Å². The largest absolute Gasteiger partial charge is 0.494 e. The molecule has 8 heteroatoms. The summed E-state index contributed by atoms with van der Waals surface area (Å²) in [6, 6.07) is 6.49. The Morgan fingerprint density at radius 3 is 1.24 bits per heavy atom. The summed E-state index contributed by atoms with van der Waals surface area (Å²) in [5.74, 6) is -0.0434. The van der Waals surface area contributed by atoms with Gasteiger partial charge in [-0.25, -0.2) is 4.79 Å². The highest BCUT2D eigenvalue weighted by atomic mass is 16.5. The number of benzene rings is 1. The van der Waals surface area contributed by atoms with Crippen LogP contribution < -0.4 is 4.74 Å². The zero-order chi connectivity index (χ0) is 35.8. The third-order valence-corrected chi connectivity index (χ3v) is 9.57. The first-order valence-electron chi connectivity index (χ1n) is 20.1. The molecule has 0 aromatic heterocycles. The van der Waals surface area contributed by atoms with Gasteiger partial charge in [-0.15, -0.1) is 0 Å². The van der Waals surface area contributed by atoms with Gasteiger partial charge in [0.2, 0.25) is 0 Å². The van der Waals surface area contributed by atoms with Crippen molar-refractivity contribution in [2.45, 2.75) is 198 Å². The van der Waals surface area contributed by atoms with Crippen LogP contribution in [0.15, 0.2) is 24.3 Å². The molecule has 0 amide bonds. The average molecular weight is 695 g/mol. The topological polar surface area (TPSA) is 137 Å². The summed E-state index contributed by atoms with van der Waals surface area (Å²) in [6.07, 6.45) is 29.0. The predicted molar refractivity (Wildman–Crippen MR) is 199 cm³/mol. The number of rotatable bonds is 35. The normalized spacial score (nSPS) is 14.0. The smallest absolute Gasteiger partial charge is 0.338 e. The molecule has 49 heavy (non-hydrogen) atoms. The van der Waals surface area contributed by atoms with Crippen molar-refractivity contribution in [3.8, 4) is 5.75 Å². The first-order chi connectivity index (χ1) is 23.9. The number of unbranched alkanes of at least 4 members (excludes halogenated alkanes) is 25. The van der Waals surface area contributed by atoms with Gasteiger partial charge in [0.05, 0.1) is 18.8 Å². The van der Waals surface area contributed by atoms with Crippen molar-refractivity contribution in [2.75, 3.05) is 19.8 Å². The summed E-state index contributed by atoms with van der Waals surface area (Å²) < 4.78 is 10.8. The number of ether oxygens (including phenoxy) is 2. The van der Waals surface area contributed by atoms with Crippen LogP contribution in [0, 0.1) is 0 Å². The van der Waals surface area contributed by atoms with Gasteiger partial charge in [-0.1, -0.05) is 167 Å². The van der Waals surface area contributed by atoms with Crippen molar-refractivity contribution < 1.29 is 39.8 Å². The molecule has 0 spiro atoms. The molecule has 0 fully saturated rings. The van der Waals surface area contributed by atoms with E-state index < -0.39 is 43.6 Å². The molecule has 0 aliphatic rings. The second-order valence-corrected chi connectivity index (χ2v) is 14.1. The number of hydrogen-bond acceptors (Lipinski definition) is 8. The minimum atomic E-state index is -1.78. The fourth-order valence-electron chi connectivity index (χ4n) is 6.20. The van der Waals surface area contributed by atoms with E-state index in [0.29, 0.717) is 12.4 Å². The van der Waals surface area contributed by atoms with Gasteiger partial charge < -0.3 is 35.0 Å². The Morgan fingerprint density at radius 2 is 0.878 bits per heavy atom. The minimum Gasteiger partial charge on any atom is -0.494 e. The molecule has 0 saturated carbocycles. The van der Waals surface area contributed by atoms with E-state index in [1.54, 1.807) is 24.3 Å². The van der Waals surface area contributed by atoms with Crippen molar-refractivity contribution in [3.05, 3.63) is 29.8 Å². The summed E-state index contributed by atoms with van der Waals surface area (Å²) in [5, 5.41) is 47.5. The van der Waals surface area contributed by atoms with E-state index in [9.17, 15) is 25.2 Å². The highest BCUT2D eigenvalue weighted by Gasteiger charge is 2.30. The van der Waals surface area contributed by atoms with Crippen LogP contribution in [-0.4, -0.2) is 75.7 Å². The molecule has 286 valence electrons. The quantitative estimate of drug-likeness (QED) is 0.0351. The van der Waals surface area contributed by atoms with Crippen LogP contribution in [-0.2, 0) is 4.74 Å². The maximum Gasteiger partial charge on any atom is 0.338 e. The van der Waals surface area contributed by atoms with Crippen molar-refractivity contribution >= 4 is 5.97 Å². The van der Waals surface area contributed by atoms with Crippen molar-refractivity contribution in [3.63, 3.8) is 0 Å². The molecule has 0 heterocycles. The lowest BCUT2D eigenvalue weighted by Crippen LogP contribution is -2.47. The molecule has 0 saturated heterocycles. The molecule has 8 nitrogen and oxygen atoms in total. The summed E-state index contributed by atoms with van der Waals surface area (Å²) in [5.41, 5.74) is 0.255. The first kappa shape index (κ1) is 45.3. The maximum absolute atomic E-state index is 12.2. The lowest BCUT2D eigenvalue weighted by Gasteiger charge is -2.25. The minimum absolute atomic E-state index is 0.255. The fourth-order valence-corrected chi connectivity index (χ4v) is 6.20. The Balaban J connectivity index is 1.86. The van der Waals surface area contributed by atoms with Crippen LogP contribution in [0.2, 0.25) is 0 Å². The van der Waals surface area contributed by atoms with Gasteiger partial charge in [-0.2, -0.15) is 0 Å². The Morgan fingerprint density at radius 1 is 0.531 bits per heavy atom. The molecule has 0 aliphatic carbocycles. The highest BCUT2D eigenvalue weighted by Crippen LogP contribution is 2.17. The zero-order valence-electron chi connectivity index (χ0n) is 31.1. The molecule has 1 aromatic rings. The molecule has 1 rings (SSSR count). The monoisotopic (exact) mass is 695 g/mol. The van der Waals surface area contributed by atoms with Crippen LogP contribution in [0.3, 0.4) is 0 Å². The van der Waals surface area contributed by atoms with Crippen LogP contribution >= 0.6 is 0 Å². The fraction of sp³-hybridized carbons (Fsp3) is 0.829. The van der Waals surface area contributed by atoms with Crippen LogP contribution in [0.4, 0.5) is 0 Å². The van der Waals surface area contributed by atoms with Gasteiger partial charge in [0, 0.05) is 0 Å². The average Bonchev–Trinajstić information content (AvgIpc) is 3.12. The first-order valence-corrected chi connectivity index (χ1v) is 20.1. The summed E-state index contributed by atoms with van der Waals surface area (Å²) in [4.78, 5) is 12.2. The van der Waals surface area contributed by atoms with Gasteiger partial charge in [0.1, 0.15) is 36.8 Å². The van der Waals surface area contributed by atoms with E-state index >= 15 is 0 Å². The summed E-state index contributed by atoms with van der Waals surface area (Å²) in [7, 11) is 0. The number of carbonyl (C=O) groups is 1. The Hall–Kier alpha value is -1.71. The van der Waals surface area contributed by atoms with E-state index in [4.69, 9.17) is 14.6 Å². The molecular weight excluding hydrogens is 620 g/mol. The van der Waals surface area contributed by atoms with E-state index in [-0.39, 0.29) is 5.56 Å². The summed E-state index contributed by atoms with van der Waals surface area (Å²) in [6.45, 7) is 1.55. The van der Waals surface area contributed by atoms with Crippen molar-refractivity contribution in [1.82, 2.24) is 0 Å². The lowest BCUT2D eigenvalue weighted by atomic mass is 10.0. The van der Waals surface area contributed by atoms with Crippen LogP contribution in [0.1, 0.15) is 184 Å². The number of aliphatic hydroxyl groups excluding tert-OH is 5. The highest BCUT2D eigenvalue weighted by molar-refractivity contribution is 5.89. The number of hydrogen-bond donors (Lipinski definition) is 5. The molecule has 4 atom stereocenters. The molecule has 0 radical (unpaired) electrons. The standard InChI is InChI=1S/C41H74O8/c1-2-3-4-5-6-7-8-9-10-11-12-13-14-15-16-17-18-19-20-21-22-23-24-25-26-27-32-48-36-30-28-35(29-31-36)41(47)49-34-38(44)40(46)39(45)37(43)33-42/h28-31,37-40,42-46H,2-27,32-34H2,1H3/t37-,38+,39+,40+/m0/s1. The second-order valence-electron chi connectivity index (χ2n) is 14.1. The third kappa shape index (κ3) is 25.0. The van der Waals surface area contributed by atoms with Gasteiger partial charge >= 0.3 is 5.97 Å². The van der Waals surface area contributed by atoms with E-state index in [1.165, 1.54) is 154 Å². The number of aliphatic hydroxyl groups is 5. The van der Waals surface area contributed by atoms with Crippen molar-refractivity contribution in [2.24, 2.45) is 0 Å². The maximum atomic E-state index is 12.2. The van der Waals surface area contributed by atoms with E-state index in [1.807, 2.05) is 0 Å². The molecule has 0 aliphatic heterocycles. The van der Waals surface area contributed by atoms with Crippen molar-refractivity contribution in [1.29, 1.82) is 0 Å². The van der Waals surface area contributed by atoms with E-state index in [2.05, 4.69) is 6.92 Å². The number of esters is 1. The lowest BCUT2D eigenvalue weighted by molar-refractivity contribution is -0.124. The second kappa shape index (κ2) is 32.2. The Bertz CT molecular complexity index is 864. The molecule has 0 bridgehead atoms. The molecule has 0 unspecified atom stereocenters. The SMILES string of the molecule is CCCCCCCCCCCCCCCCCCCCCCCCCCCCOc1ccc(C(=O)OC[C@@H](O)[C@@H](O)[C@H](O)[C@@H](O)CO)cc1.